The van der Waals surface area contributed by atoms with Crippen LogP contribution in [0.3, 0.4) is 0 Å². The van der Waals surface area contributed by atoms with Gasteiger partial charge in [0, 0.05) is 11.9 Å². The maximum absolute atomic E-state index is 13.1. The average Bonchev–Trinajstić information content (AvgIpc) is 2.46. The highest BCUT2D eigenvalue weighted by atomic mass is 79.9. The van der Waals surface area contributed by atoms with Crippen molar-refractivity contribution in [3.63, 3.8) is 0 Å². The third-order valence-electron chi connectivity index (χ3n) is 2.64. The quantitative estimate of drug-likeness (QED) is 0.723. The summed E-state index contributed by atoms with van der Waals surface area (Å²) < 4.78 is 13.6. The molecule has 22 heavy (non-hydrogen) atoms. The standard InChI is InChI=1S/C13H11BrClFN4O2/c1-6(12(21)22)18-11-8(14)5-17-13(20-11)19-7-2-3-10(16)9(15)4-7/h2-6H,1H3,(H,21,22)(H2,17,18,19,20)/t6-/m1/s1. The van der Waals surface area contributed by atoms with Gasteiger partial charge in [0.05, 0.1) is 9.50 Å². The van der Waals surface area contributed by atoms with Gasteiger partial charge in [0.15, 0.2) is 0 Å². The summed E-state index contributed by atoms with van der Waals surface area (Å²) in [5.74, 6) is -1.00. The molecule has 0 amide bonds. The monoisotopic (exact) mass is 388 g/mol. The van der Waals surface area contributed by atoms with Crippen molar-refractivity contribution in [2.24, 2.45) is 0 Å². The van der Waals surface area contributed by atoms with Crippen molar-refractivity contribution in [3.8, 4) is 0 Å². The van der Waals surface area contributed by atoms with Crippen LogP contribution in [0.25, 0.3) is 0 Å². The highest BCUT2D eigenvalue weighted by Crippen LogP contribution is 2.24. The number of hydrogen-bond acceptors (Lipinski definition) is 5. The summed E-state index contributed by atoms with van der Waals surface area (Å²) >= 11 is 8.94. The minimum atomic E-state index is -1.01. The van der Waals surface area contributed by atoms with Gasteiger partial charge in [-0.3, -0.25) is 4.79 Å². The number of rotatable bonds is 5. The van der Waals surface area contributed by atoms with Crippen LogP contribution in [0.5, 0.6) is 0 Å². The summed E-state index contributed by atoms with van der Waals surface area (Å²) in [5, 5.41) is 14.5. The lowest BCUT2D eigenvalue weighted by molar-refractivity contribution is -0.137. The second-order valence-electron chi connectivity index (χ2n) is 4.35. The lowest BCUT2D eigenvalue weighted by Gasteiger charge is -2.13. The third kappa shape index (κ3) is 4.05. The molecule has 0 aliphatic heterocycles. The summed E-state index contributed by atoms with van der Waals surface area (Å²) in [6.07, 6.45) is 1.47. The molecule has 116 valence electrons. The molecule has 3 N–H and O–H groups in total. The first-order valence-electron chi connectivity index (χ1n) is 6.11. The fourth-order valence-corrected chi connectivity index (χ4v) is 1.98. The molecule has 1 aromatic carbocycles. The fourth-order valence-electron chi connectivity index (χ4n) is 1.50. The number of aliphatic carboxylic acids is 1. The average molecular weight is 390 g/mol. The van der Waals surface area contributed by atoms with Gasteiger partial charge in [0.2, 0.25) is 5.95 Å². The van der Waals surface area contributed by atoms with Gasteiger partial charge in [-0.25, -0.2) is 9.37 Å². The molecule has 0 saturated heterocycles. The number of carbonyl (C=O) groups is 1. The summed E-state index contributed by atoms with van der Waals surface area (Å²) in [6, 6.07) is 3.28. The Labute approximate surface area is 138 Å². The highest BCUT2D eigenvalue weighted by molar-refractivity contribution is 9.10. The Morgan fingerprint density at radius 1 is 1.50 bits per heavy atom. The van der Waals surface area contributed by atoms with Gasteiger partial charge < -0.3 is 15.7 Å². The van der Waals surface area contributed by atoms with E-state index >= 15 is 0 Å². The largest absolute Gasteiger partial charge is 0.480 e. The lowest BCUT2D eigenvalue weighted by Crippen LogP contribution is -2.26. The Kier molecular flexibility index (Phi) is 5.15. The highest BCUT2D eigenvalue weighted by Gasteiger charge is 2.14. The predicted octanol–water partition coefficient (Wildman–Crippen LogP) is 3.66. The van der Waals surface area contributed by atoms with E-state index in [1.807, 2.05) is 0 Å². The minimum absolute atomic E-state index is 0.0278. The summed E-state index contributed by atoms with van der Waals surface area (Å²) in [7, 11) is 0. The molecule has 0 aliphatic carbocycles. The van der Waals surface area contributed by atoms with E-state index < -0.39 is 17.8 Å². The van der Waals surface area contributed by atoms with Crippen molar-refractivity contribution < 1.29 is 14.3 Å². The predicted molar refractivity (Wildman–Crippen MR) is 85.1 cm³/mol. The molecule has 0 unspecified atom stereocenters. The first kappa shape index (κ1) is 16.4. The number of carboxylic acid groups (broad SMARTS) is 1. The van der Waals surface area contributed by atoms with E-state index in [2.05, 4.69) is 36.5 Å². The Bertz CT molecular complexity index is 716. The van der Waals surface area contributed by atoms with Crippen molar-refractivity contribution in [1.29, 1.82) is 0 Å². The Morgan fingerprint density at radius 3 is 2.86 bits per heavy atom. The lowest BCUT2D eigenvalue weighted by atomic mass is 10.3. The zero-order valence-electron chi connectivity index (χ0n) is 11.3. The summed E-state index contributed by atoms with van der Waals surface area (Å²) in [5.41, 5.74) is 0.506. The van der Waals surface area contributed by atoms with E-state index in [1.165, 1.54) is 31.3 Å². The molecule has 2 rings (SSSR count). The zero-order chi connectivity index (χ0) is 16.3. The van der Waals surface area contributed by atoms with Crippen LogP contribution in [0.1, 0.15) is 6.92 Å². The van der Waals surface area contributed by atoms with Crippen LogP contribution < -0.4 is 10.6 Å². The normalized spacial score (nSPS) is 11.8. The van der Waals surface area contributed by atoms with Crippen LogP contribution in [0, 0.1) is 5.82 Å². The number of halogens is 3. The first-order chi connectivity index (χ1) is 10.4. The van der Waals surface area contributed by atoms with Gasteiger partial charge in [-0.05, 0) is 41.1 Å². The minimum Gasteiger partial charge on any atom is -0.480 e. The van der Waals surface area contributed by atoms with Crippen LogP contribution in [0.2, 0.25) is 5.02 Å². The number of nitrogens with zero attached hydrogens (tertiary/aromatic N) is 2. The fraction of sp³-hybridized carbons (Fsp3) is 0.154. The number of anilines is 3. The van der Waals surface area contributed by atoms with Gasteiger partial charge >= 0.3 is 5.97 Å². The van der Waals surface area contributed by atoms with E-state index in [-0.39, 0.29) is 11.0 Å². The number of hydrogen-bond donors (Lipinski definition) is 3. The number of nitrogens with one attached hydrogen (secondary N) is 2. The van der Waals surface area contributed by atoms with Crippen molar-refractivity contribution in [1.82, 2.24) is 9.97 Å². The van der Waals surface area contributed by atoms with Gasteiger partial charge in [-0.1, -0.05) is 11.6 Å². The number of benzene rings is 1. The van der Waals surface area contributed by atoms with Crippen molar-refractivity contribution in [3.05, 3.63) is 39.7 Å². The van der Waals surface area contributed by atoms with E-state index in [0.717, 1.165) is 0 Å². The van der Waals surface area contributed by atoms with Gasteiger partial charge in [-0.2, -0.15) is 4.98 Å². The van der Waals surface area contributed by atoms with E-state index in [0.29, 0.717) is 16.0 Å². The second-order valence-corrected chi connectivity index (χ2v) is 5.61. The van der Waals surface area contributed by atoms with Crippen molar-refractivity contribution in [2.75, 3.05) is 10.6 Å². The van der Waals surface area contributed by atoms with Crippen molar-refractivity contribution >= 4 is 51.0 Å². The first-order valence-corrected chi connectivity index (χ1v) is 7.28. The van der Waals surface area contributed by atoms with Crippen molar-refractivity contribution in [2.45, 2.75) is 13.0 Å². The maximum Gasteiger partial charge on any atom is 0.325 e. The molecule has 1 aromatic heterocycles. The molecule has 9 heteroatoms. The molecule has 0 saturated carbocycles. The molecule has 0 aliphatic rings. The van der Waals surface area contributed by atoms with Crippen LogP contribution in [0.15, 0.2) is 28.9 Å². The molecule has 0 bridgehead atoms. The van der Waals surface area contributed by atoms with Crippen LogP contribution in [-0.2, 0) is 4.79 Å². The molecular formula is C13H11BrClFN4O2. The second kappa shape index (κ2) is 6.89. The number of carboxylic acids is 1. The maximum atomic E-state index is 13.1. The van der Waals surface area contributed by atoms with E-state index in [9.17, 15) is 9.18 Å². The molecular weight excluding hydrogens is 379 g/mol. The summed E-state index contributed by atoms with van der Waals surface area (Å²) in [4.78, 5) is 19.1. The van der Waals surface area contributed by atoms with E-state index in [4.69, 9.17) is 16.7 Å². The molecule has 1 heterocycles. The van der Waals surface area contributed by atoms with Gasteiger partial charge in [0.25, 0.3) is 0 Å². The SMILES string of the molecule is C[C@@H](Nc1nc(Nc2ccc(F)c(Cl)c2)ncc1Br)C(=O)O. The number of aromatic nitrogens is 2. The van der Waals surface area contributed by atoms with Crippen LogP contribution in [-0.4, -0.2) is 27.1 Å². The van der Waals surface area contributed by atoms with Gasteiger partial charge in [0.1, 0.15) is 17.7 Å². The van der Waals surface area contributed by atoms with Crippen LogP contribution >= 0.6 is 27.5 Å². The third-order valence-corrected chi connectivity index (χ3v) is 3.51. The topological polar surface area (TPSA) is 87.1 Å². The Morgan fingerprint density at radius 2 is 2.23 bits per heavy atom. The Balaban J connectivity index is 2.21. The molecule has 0 radical (unpaired) electrons. The summed E-state index contributed by atoms with van der Waals surface area (Å²) in [6.45, 7) is 1.49. The molecule has 0 fully saturated rings. The smallest absolute Gasteiger partial charge is 0.325 e. The molecule has 2 aromatic rings. The Hall–Kier alpha value is -1.93. The van der Waals surface area contributed by atoms with E-state index in [1.54, 1.807) is 0 Å². The zero-order valence-corrected chi connectivity index (χ0v) is 13.6. The van der Waals surface area contributed by atoms with Crippen LogP contribution in [0.4, 0.5) is 21.8 Å². The van der Waals surface area contributed by atoms with Gasteiger partial charge in [-0.15, -0.1) is 0 Å². The molecule has 1 atom stereocenters. The molecule has 6 nitrogen and oxygen atoms in total. The molecule has 0 spiro atoms.